The van der Waals surface area contributed by atoms with E-state index in [1.54, 1.807) is 6.07 Å². The molecule has 0 spiro atoms. The maximum atomic E-state index is 12.8. The third kappa shape index (κ3) is 14.4. The van der Waals surface area contributed by atoms with Gasteiger partial charge in [0, 0.05) is 24.2 Å². The van der Waals surface area contributed by atoms with Gasteiger partial charge in [0.1, 0.15) is 0 Å². The van der Waals surface area contributed by atoms with Crippen LogP contribution in [0.25, 0.3) is 0 Å². The summed E-state index contributed by atoms with van der Waals surface area (Å²) >= 11 is 0. The maximum Gasteiger partial charge on any atom is 0.274 e. The van der Waals surface area contributed by atoms with Crippen LogP contribution in [0, 0.1) is 11.8 Å². The smallest absolute Gasteiger partial charge is 0.274 e. The molecule has 10 N–H and O–H groups in total. The summed E-state index contributed by atoms with van der Waals surface area (Å²) in [5.74, 6) is -1.26. The quantitative estimate of drug-likeness (QED) is 0.0959. The van der Waals surface area contributed by atoms with Crippen molar-refractivity contribution in [2.45, 2.75) is 78.4 Å². The Morgan fingerprint density at radius 1 is 0.700 bits per heavy atom. The van der Waals surface area contributed by atoms with Gasteiger partial charge >= 0.3 is 0 Å². The number of unbranched alkanes of at least 4 members (excludes halogenated alkanes) is 2. The summed E-state index contributed by atoms with van der Waals surface area (Å²) in [5.41, 5.74) is 12.6. The first-order valence-electron chi connectivity index (χ1n) is 14.2. The van der Waals surface area contributed by atoms with Crippen molar-refractivity contribution in [2.24, 2.45) is 11.8 Å². The average molecular weight is 567 g/mol. The number of rotatable bonds is 20. The van der Waals surface area contributed by atoms with E-state index in [1.807, 2.05) is 27.7 Å². The van der Waals surface area contributed by atoms with Crippen LogP contribution in [-0.2, 0) is 19.3 Å². The van der Waals surface area contributed by atoms with Gasteiger partial charge in [0.2, 0.25) is 0 Å². The molecule has 0 aliphatic rings. The number of carbonyl (C=O) groups excluding carboxylic acids is 4. The van der Waals surface area contributed by atoms with Gasteiger partial charge in [0.05, 0.1) is 13.1 Å². The van der Waals surface area contributed by atoms with Crippen LogP contribution in [-0.4, -0.2) is 62.0 Å². The Kier molecular flexibility index (Phi) is 17.4. The molecule has 12 nitrogen and oxygen atoms in total. The van der Waals surface area contributed by atoms with Crippen LogP contribution in [0.5, 0.6) is 0 Å². The Morgan fingerprint density at radius 2 is 1.10 bits per heavy atom. The molecule has 12 heteroatoms. The van der Waals surface area contributed by atoms with E-state index in [2.05, 4.69) is 33.1 Å². The molecule has 1 aromatic rings. The molecular formula is C28H50N6O6+2. The third-order valence-electron chi connectivity index (χ3n) is 5.86. The van der Waals surface area contributed by atoms with E-state index in [-0.39, 0.29) is 34.8 Å². The zero-order valence-electron chi connectivity index (χ0n) is 24.6. The number of amides is 4. The molecule has 0 radical (unpaired) electrons. The largest absolute Gasteiger partial charge is 0.358 e. The summed E-state index contributed by atoms with van der Waals surface area (Å²) in [6.07, 6.45) is 2.27. The maximum absolute atomic E-state index is 12.8. The Morgan fingerprint density at radius 3 is 1.45 bits per heavy atom. The Bertz CT molecular complexity index is 857. The predicted molar refractivity (Wildman–Crippen MR) is 150 cm³/mol. The zero-order valence-corrected chi connectivity index (χ0v) is 24.6. The van der Waals surface area contributed by atoms with Gasteiger partial charge in [-0.05, 0) is 68.6 Å². The van der Waals surface area contributed by atoms with Crippen LogP contribution in [0.15, 0.2) is 24.3 Å². The standard InChI is InChI=1S/C28H48N6O6/c1-19(2)17-31-27(37)23(12-5-7-14-29)39-33-25(35)21-10-9-11-22(16-21)26(36)34-40-24(13-6-8-15-30)28(38)32-18-20(3)4/h9-11,16,19-20,23-24H,5-8,12-15,17-18,29-30H2,1-4H3,(H,31,37)(H,32,38)(H,33,35)(H,34,36)/p+2/t23-,24-/m1/s1. The lowest BCUT2D eigenvalue weighted by Crippen LogP contribution is -2.50. The Labute approximate surface area is 237 Å². The normalized spacial score (nSPS) is 12.6. The van der Waals surface area contributed by atoms with E-state index in [4.69, 9.17) is 9.68 Å². The molecule has 0 bridgehead atoms. The number of benzene rings is 1. The van der Waals surface area contributed by atoms with E-state index in [0.717, 1.165) is 38.8 Å². The lowest BCUT2D eigenvalue weighted by Gasteiger charge is -2.19. The molecule has 40 heavy (non-hydrogen) atoms. The highest BCUT2D eigenvalue weighted by Gasteiger charge is 2.23. The monoisotopic (exact) mass is 566 g/mol. The van der Waals surface area contributed by atoms with Gasteiger partial charge in [-0.3, -0.25) is 28.9 Å². The molecule has 2 atom stereocenters. The molecule has 0 aromatic heterocycles. The number of hydroxylamine groups is 2. The summed E-state index contributed by atoms with van der Waals surface area (Å²) in [6.45, 7) is 10.4. The summed E-state index contributed by atoms with van der Waals surface area (Å²) in [7, 11) is 0. The highest BCUT2D eigenvalue weighted by Crippen LogP contribution is 2.10. The van der Waals surface area contributed by atoms with Crippen molar-refractivity contribution in [1.29, 1.82) is 0 Å². The van der Waals surface area contributed by atoms with Crippen LogP contribution in [0.4, 0.5) is 0 Å². The second-order valence-electron chi connectivity index (χ2n) is 10.6. The summed E-state index contributed by atoms with van der Waals surface area (Å²) in [4.78, 5) is 61.6. The fourth-order valence-corrected chi connectivity index (χ4v) is 3.51. The third-order valence-corrected chi connectivity index (χ3v) is 5.86. The molecule has 0 heterocycles. The van der Waals surface area contributed by atoms with Crippen LogP contribution < -0.4 is 33.1 Å². The zero-order chi connectivity index (χ0) is 29.9. The molecule has 226 valence electrons. The van der Waals surface area contributed by atoms with Crippen molar-refractivity contribution in [3.63, 3.8) is 0 Å². The first-order valence-corrected chi connectivity index (χ1v) is 14.2. The van der Waals surface area contributed by atoms with Gasteiger partial charge in [-0.15, -0.1) is 0 Å². The van der Waals surface area contributed by atoms with E-state index in [1.165, 1.54) is 18.2 Å². The van der Waals surface area contributed by atoms with Crippen molar-refractivity contribution in [1.82, 2.24) is 21.6 Å². The molecule has 1 aromatic carbocycles. The fourth-order valence-electron chi connectivity index (χ4n) is 3.51. The lowest BCUT2D eigenvalue weighted by molar-refractivity contribution is -0.369. The van der Waals surface area contributed by atoms with E-state index in [0.29, 0.717) is 25.9 Å². The van der Waals surface area contributed by atoms with Crippen LogP contribution in [0.3, 0.4) is 0 Å². The second-order valence-corrected chi connectivity index (χ2v) is 10.6. The van der Waals surface area contributed by atoms with E-state index < -0.39 is 24.0 Å². The lowest BCUT2D eigenvalue weighted by atomic mass is 10.1. The molecule has 0 fully saturated rings. The Hall–Kier alpha value is -3.06. The molecule has 1 rings (SSSR count). The van der Waals surface area contributed by atoms with E-state index in [9.17, 15) is 19.2 Å². The summed E-state index contributed by atoms with van der Waals surface area (Å²) in [6, 6.07) is 5.97. The fraction of sp³-hybridized carbons (Fsp3) is 0.643. The van der Waals surface area contributed by atoms with Crippen molar-refractivity contribution in [3.8, 4) is 0 Å². The van der Waals surface area contributed by atoms with Gasteiger partial charge in [-0.2, -0.15) is 0 Å². The number of quaternary nitrogens is 2. The van der Waals surface area contributed by atoms with Gasteiger partial charge in [-0.1, -0.05) is 33.8 Å². The van der Waals surface area contributed by atoms with Crippen LogP contribution in [0.1, 0.15) is 86.9 Å². The molecular weight excluding hydrogens is 516 g/mol. The van der Waals surface area contributed by atoms with Crippen molar-refractivity contribution < 1.29 is 40.3 Å². The van der Waals surface area contributed by atoms with Gasteiger partial charge in [0.15, 0.2) is 12.2 Å². The van der Waals surface area contributed by atoms with E-state index >= 15 is 0 Å². The summed E-state index contributed by atoms with van der Waals surface area (Å²) in [5, 5.41) is 5.66. The molecule has 0 unspecified atom stereocenters. The minimum absolute atomic E-state index is 0.161. The number of carbonyl (C=O) groups is 4. The van der Waals surface area contributed by atoms with Gasteiger partial charge in [-0.25, -0.2) is 11.0 Å². The van der Waals surface area contributed by atoms with Crippen molar-refractivity contribution >= 4 is 23.6 Å². The summed E-state index contributed by atoms with van der Waals surface area (Å²) < 4.78 is 0. The highest BCUT2D eigenvalue weighted by molar-refractivity contribution is 5.99. The average Bonchev–Trinajstić information content (AvgIpc) is 2.93. The minimum Gasteiger partial charge on any atom is -0.358 e. The highest BCUT2D eigenvalue weighted by atomic mass is 16.7. The minimum atomic E-state index is -0.851. The second kappa shape index (κ2) is 19.9. The first-order chi connectivity index (χ1) is 19.1. The molecule has 4 amide bonds. The van der Waals surface area contributed by atoms with Crippen LogP contribution >= 0.6 is 0 Å². The topological polar surface area (TPSA) is 190 Å². The number of hydrogen-bond donors (Lipinski definition) is 6. The van der Waals surface area contributed by atoms with Gasteiger partial charge < -0.3 is 22.1 Å². The SMILES string of the molecule is CC(C)CNC(=O)[C@@H](CCCC[NH3+])ONC(=O)c1cccc(C(=O)NO[C@H](CCCC[NH3+])C(=O)NCC(C)C)c1. The molecule has 0 aliphatic heterocycles. The number of nitrogens with one attached hydrogen (secondary N) is 4. The molecule has 0 aliphatic carbocycles. The Balaban J connectivity index is 2.79. The molecule has 0 saturated carbocycles. The van der Waals surface area contributed by atoms with Crippen molar-refractivity contribution in [2.75, 3.05) is 26.2 Å². The molecule has 0 saturated heterocycles. The van der Waals surface area contributed by atoms with Gasteiger partial charge in [0.25, 0.3) is 23.6 Å². The predicted octanol–water partition coefficient (Wildman–Crippen LogP) is 0.115. The van der Waals surface area contributed by atoms with Crippen LogP contribution in [0.2, 0.25) is 0 Å². The first kappa shape index (κ1) is 35.0. The van der Waals surface area contributed by atoms with Crippen molar-refractivity contribution in [3.05, 3.63) is 35.4 Å². The number of hydrogen-bond acceptors (Lipinski definition) is 6.